The summed E-state index contributed by atoms with van der Waals surface area (Å²) in [6.45, 7) is 0.463. The van der Waals surface area contributed by atoms with Crippen molar-refractivity contribution in [2.75, 3.05) is 6.54 Å². The van der Waals surface area contributed by atoms with Crippen molar-refractivity contribution < 1.29 is 19.1 Å². The number of nitrogens with zero attached hydrogens (tertiary/aromatic N) is 1. The van der Waals surface area contributed by atoms with Crippen LogP contribution >= 0.6 is 0 Å². The number of carbonyl (C=O) groups is 2. The van der Waals surface area contributed by atoms with E-state index in [4.69, 9.17) is 5.11 Å². The van der Waals surface area contributed by atoms with Crippen molar-refractivity contribution in [1.29, 1.82) is 0 Å². The maximum absolute atomic E-state index is 12.9. The molecule has 0 aliphatic carbocycles. The molecule has 5 heteroatoms. The van der Waals surface area contributed by atoms with E-state index in [9.17, 15) is 14.0 Å². The molecule has 4 nitrogen and oxygen atoms in total. The fourth-order valence-corrected chi connectivity index (χ4v) is 1.95. The summed E-state index contributed by atoms with van der Waals surface area (Å²) in [6, 6.07) is 5.96. The van der Waals surface area contributed by atoms with Gasteiger partial charge in [-0.3, -0.25) is 9.59 Å². The van der Waals surface area contributed by atoms with Crippen molar-refractivity contribution in [3.05, 3.63) is 35.6 Å². The minimum Gasteiger partial charge on any atom is -0.481 e. The van der Waals surface area contributed by atoms with Gasteiger partial charge >= 0.3 is 5.97 Å². The lowest BCUT2D eigenvalue weighted by Crippen LogP contribution is -2.25. The first kappa shape index (κ1) is 11.6. The molecule has 17 heavy (non-hydrogen) atoms. The quantitative estimate of drug-likeness (QED) is 0.861. The Morgan fingerprint density at radius 3 is 2.88 bits per heavy atom. The maximum Gasteiger partial charge on any atom is 0.308 e. The molecule has 1 heterocycles. The number of carbonyl (C=O) groups excluding carboxylic acids is 1. The second kappa shape index (κ2) is 4.53. The first-order chi connectivity index (χ1) is 8.06. The lowest BCUT2D eigenvalue weighted by molar-refractivity contribution is -0.141. The van der Waals surface area contributed by atoms with E-state index in [2.05, 4.69) is 0 Å². The second-order valence-corrected chi connectivity index (χ2v) is 4.14. The molecule has 0 unspecified atom stereocenters. The molecule has 1 saturated heterocycles. The summed E-state index contributed by atoms with van der Waals surface area (Å²) >= 11 is 0. The van der Waals surface area contributed by atoms with Crippen molar-refractivity contribution in [3.8, 4) is 0 Å². The summed E-state index contributed by atoms with van der Waals surface area (Å²) in [5.41, 5.74) is 0.671. The molecule has 1 fully saturated rings. The maximum atomic E-state index is 12.9. The molecule has 1 aromatic carbocycles. The zero-order valence-electron chi connectivity index (χ0n) is 9.10. The van der Waals surface area contributed by atoms with Gasteiger partial charge < -0.3 is 10.0 Å². The molecule has 0 spiro atoms. The lowest BCUT2D eigenvalue weighted by Gasteiger charge is -2.15. The number of carboxylic acid groups (broad SMARTS) is 1. The van der Waals surface area contributed by atoms with E-state index in [1.165, 1.54) is 17.0 Å². The highest BCUT2D eigenvalue weighted by Crippen LogP contribution is 2.20. The molecule has 1 atom stereocenters. The Bertz CT molecular complexity index is 461. The van der Waals surface area contributed by atoms with Crippen molar-refractivity contribution in [1.82, 2.24) is 4.90 Å². The van der Waals surface area contributed by atoms with Gasteiger partial charge in [0.15, 0.2) is 0 Å². The Hall–Kier alpha value is -1.91. The van der Waals surface area contributed by atoms with Crippen LogP contribution in [0.1, 0.15) is 12.0 Å². The topological polar surface area (TPSA) is 57.6 Å². The summed E-state index contributed by atoms with van der Waals surface area (Å²) < 4.78 is 12.9. The molecule has 0 aromatic heterocycles. The van der Waals surface area contributed by atoms with E-state index < -0.39 is 11.9 Å². The Labute approximate surface area is 97.7 Å². The van der Waals surface area contributed by atoms with Crippen LogP contribution in [0.5, 0.6) is 0 Å². The number of hydrogen-bond donors (Lipinski definition) is 1. The van der Waals surface area contributed by atoms with Gasteiger partial charge in [-0.15, -0.1) is 0 Å². The zero-order valence-corrected chi connectivity index (χ0v) is 9.10. The van der Waals surface area contributed by atoms with Gasteiger partial charge in [-0.25, -0.2) is 4.39 Å². The van der Waals surface area contributed by atoms with Crippen LogP contribution in [0, 0.1) is 11.7 Å². The summed E-state index contributed by atoms with van der Waals surface area (Å²) in [7, 11) is 0. The minimum absolute atomic E-state index is 0.0324. The monoisotopic (exact) mass is 237 g/mol. The van der Waals surface area contributed by atoms with Crippen LogP contribution in [0.15, 0.2) is 24.3 Å². The van der Waals surface area contributed by atoms with Crippen molar-refractivity contribution in [2.24, 2.45) is 5.92 Å². The molecular formula is C12H12FNO3. The number of carboxylic acids is 1. The molecule has 1 aliphatic heterocycles. The highest BCUT2D eigenvalue weighted by molar-refractivity contribution is 5.86. The first-order valence-corrected chi connectivity index (χ1v) is 5.31. The van der Waals surface area contributed by atoms with Gasteiger partial charge in [0, 0.05) is 19.5 Å². The van der Waals surface area contributed by atoms with Crippen LogP contribution in [-0.2, 0) is 16.1 Å². The van der Waals surface area contributed by atoms with Gasteiger partial charge in [-0.05, 0) is 17.7 Å². The summed E-state index contributed by atoms with van der Waals surface area (Å²) in [5.74, 6) is -2.15. The summed E-state index contributed by atoms with van der Waals surface area (Å²) in [6.07, 6.45) is 0.0324. The lowest BCUT2D eigenvalue weighted by atomic mass is 10.1. The van der Waals surface area contributed by atoms with E-state index in [0.29, 0.717) is 5.56 Å². The fraction of sp³-hybridized carbons (Fsp3) is 0.333. The third kappa shape index (κ3) is 2.61. The molecule has 90 valence electrons. The highest BCUT2D eigenvalue weighted by atomic mass is 19.1. The standard InChI is InChI=1S/C12H12FNO3/c13-10-3-1-2-8(4-10)6-14-7-9(12(16)17)5-11(14)15/h1-4,9H,5-7H2,(H,16,17)/t9-/m0/s1. The molecule has 0 radical (unpaired) electrons. The Morgan fingerprint density at radius 2 is 2.29 bits per heavy atom. The van der Waals surface area contributed by atoms with Crippen molar-refractivity contribution in [3.63, 3.8) is 0 Å². The van der Waals surface area contributed by atoms with E-state index in [-0.39, 0.29) is 31.2 Å². The molecule has 1 aromatic rings. The zero-order chi connectivity index (χ0) is 12.4. The molecule has 0 bridgehead atoms. The normalized spacial score (nSPS) is 19.7. The predicted molar refractivity (Wildman–Crippen MR) is 57.6 cm³/mol. The predicted octanol–water partition coefficient (Wildman–Crippen LogP) is 1.26. The summed E-state index contributed by atoms with van der Waals surface area (Å²) in [5, 5.41) is 8.82. The van der Waals surface area contributed by atoms with Crippen LogP contribution in [-0.4, -0.2) is 28.4 Å². The largest absolute Gasteiger partial charge is 0.481 e. The highest BCUT2D eigenvalue weighted by Gasteiger charge is 2.33. The average Bonchev–Trinajstić information content (AvgIpc) is 2.61. The number of amides is 1. The third-order valence-corrected chi connectivity index (χ3v) is 2.83. The number of hydrogen-bond acceptors (Lipinski definition) is 2. The van der Waals surface area contributed by atoms with E-state index in [1.54, 1.807) is 12.1 Å². The minimum atomic E-state index is -0.958. The molecule has 1 aliphatic rings. The number of aliphatic carboxylic acids is 1. The number of rotatable bonds is 3. The van der Waals surface area contributed by atoms with Gasteiger partial charge in [-0.1, -0.05) is 12.1 Å². The van der Waals surface area contributed by atoms with Crippen molar-refractivity contribution >= 4 is 11.9 Å². The van der Waals surface area contributed by atoms with Gasteiger partial charge in [-0.2, -0.15) is 0 Å². The number of benzene rings is 1. The van der Waals surface area contributed by atoms with Crippen molar-refractivity contribution in [2.45, 2.75) is 13.0 Å². The fourth-order valence-electron chi connectivity index (χ4n) is 1.95. The van der Waals surface area contributed by atoms with Crippen LogP contribution in [0.3, 0.4) is 0 Å². The van der Waals surface area contributed by atoms with Gasteiger partial charge in [0.1, 0.15) is 5.82 Å². The van der Waals surface area contributed by atoms with Crippen LogP contribution < -0.4 is 0 Å². The first-order valence-electron chi connectivity index (χ1n) is 5.31. The third-order valence-electron chi connectivity index (χ3n) is 2.83. The van der Waals surface area contributed by atoms with E-state index in [0.717, 1.165) is 0 Å². The second-order valence-electron chi connectivity index (χ2n) is 4.14. The van der Waals surface area contributed by atoms with Crippen LogP contribution in [0.4, 0.5) is 4.39 Å². The summed E-state index contributed by atoms with van der Waals surface area (Å²) in [4.78, 5) is 23.8. The SMILES string of the molecule is O=C(O)[C@H]1CC(=O)N(Cc2cccc(F)c2)C1. The van der Waals surface area contributed by atoms with Crippen LogP contribution in [0.25, 0.3) is 0 Å². The van der Waals surface area contributed by atoms with Crippen LogP contribution in [0.2, 0.25) is 0 Å². The number of halogens is 1. The van der Waals surface area contributed by atoms with E-state index in [1.807, 2.05) is 0 Å². The van der Waals surface area contributed by atoms with Gasteiger partial charge in [0.25, 0.3) is 0 Å². The Balaban J connectivity index is 2.05. The molecule has 0 saturated carbocycles. The molecule has 1 N–H and O–H groups in total. The van der Waals surface area contributed by atoms with Gasteiger partial charge in [0.2, 0.25) is 5.91 Å². The Kier molecular flexibility index (Phi) is 3.08. The molecule has 1 amide bonds. The number of likely N-dealkylation sites (tertiary alicyclic amines) is 1. The molecular weight excluding hydrogens is 225 g/mol. The van der Waals surface area contributed by atoms with E-state index >= 15 is 0 Å². The van der Waals surface area contributed by atoms with Gasteiger partial charge in [0.05, 0.1) is 5.92 Å². The average molecular weight is 237 g/mol. The Morgan fingerprint density at radius 1 is 1.53 bits per heavy atom. The smallest absolute Gasteiger partial charge is 0.308 e. The molecule has 2 rings (SSSR count).